The summed E-state index contributed by atoms with van der Waals surface area (Å²) in [5, 5.41) is 12.8. The first-order chi connectivity index (χ1) is 25.0. The van der Waals surface area contributed by atoms with Crippen LogP contribution in [0, 0.1) is 18.8 Å². The second-order valence-electron chi connectivity index (χ2n) is 14.9. The van der Waals surface area contributed by atoms with Crippen molar-refractivity contribution < 1.29 is 19.5 Å². The van der Waals surface area contributed by atoms with Crippen LogP contribution in [0.5, 0.6) is 0 Å². The molecule has 2 aromatic carbocycles. The quantitative estimate of drug-likeness (QED) is 0.188. The smallest absolute Gasteiger partial charge is 0.306 e. The Morgan fingerprint density at radius 1 is 0.865 bits per heavy atom. The molecule has 4 heterocycles. The molecular weight excluding hydrogens is 678 g/mol. The van der Waals surface area contributed by atoms with Gasteiger partial charge in [0.15, 0.2) is 11.6 Å². The molecule has 0 spiro atoms. The van der Waals surface area contributed by atoms with Crippen LogP contribution < -0.4 is 5.32 Å². The van der Waals surface area contributed by atoms with E-state index in [0.29, 0.717) is 34.8 Å². The van der Waals surface area contributed by atoms with Crippen molar-refractivity contribution >= 4 is 34.9 Å². The maximum absolute atomic E-state index is 13.7. The van der Waals surface area contributed by atoms with Crippen LogP contribution in [0.4, 0.5) is 5.69 Å². The van der Waals surface area contributed by atoms with Crippen LogP contribution >= 0.6 is 11.6 Å². The summed E-state index contributed by atoms with van der Waals surface area (Å²) in [4.78, 5) is 52.7. The van der Waals surface area contributed by atoms with Crippen molar-refractivity contribution in [2.75, 3.05) is 32.0 Å². The van der Waals surface area contributed by atoms with Gasteiger partial charge in [-0.25, -0.2) is 9.97 Å². The number of Topliss-reactive ketones (excluding diaryl/α,β-unsaturated/α-hetero) is 1. The highest BCUT2D eigenvalue weighted by atomic mass is 35.5. The van der Waals surface area contributed by atoms with Crippen LogP contribution in [0.25, 0.3) is 11.1 Å². The van der Waals surface area contributed by atoms with E-state index in [1.807, 2.05) is 60.5 Å². The molecule has 3 aliphatic rings. The number of carboxylic acid groups (broad SMARTS) is 1. The number of aliphatic carboxylic acids is 1. The molecule has 0 bridgehead atoms. The van der Waals surface area contributed by atoms with Crippen LogP contribution in [0.3, 0.4) is 0 Å². The maximum Gasteiger partial charge on any atom is 0.306 e. The number of nitrogens with one attached hydrogen (secondary N) is 1. The van der Waals surface area contributed by atoms with E-state index in [4.69, 9.17) is 21.6 Å². The molecule has 52 heavy (non-hydrogen) atoms. The number of fused-ring (bicyclic) bond motifs is 2. The molecule has 274 valence electrons. The number of amides is 1. The topological polar surface area (TPSA) is 126 Å². The predicted molar refractivity (Wildman–Crippen MR) is 201 cm³/mol. The lowest BCUT2D eigenvalue weighted by atomic mass is 9.80. The second kappa shape index (κ2) is 15.0. The molecule has 1 aliphatic carbocycles. The standard InChI is InChI=1S/C40H48ClN7O4/c1-24-27(21-35(49)37-42-31-22-45(2)18-16-33(31)46(37)3)7-5-8-28(24)29-9-6-10-30(36(29)41)44-39(50)38-43-32-23-48(20-17-34(32)47(38)4)19-15-25-11-13-26(14-12-25)40(51)52/h5-10,25-26H,11-23H2,1-4H3,(H,44,50)(H,51,52). The summed E-state index contributed by atoms with van der Waals surface area (Å²) < 4.78 is 3.85. The van der Waals surface area contributed by atoms with Gasteiger partial charge in [-0.05, 0) is 81.3 Å². The summed E-state index contributed by atoms with van der Waals surface area (Å²) in [6, 6.07) is 11.5. The number of hydrogen-bond donors (Lipinski definition) is 2. The number of carbonyl (C=O) groups excluding carboxylic acids is 2. The number of aromatic nitrogens is 4. The normalized spacial score (nSPS) is 19.2. The van der Waals surface area contributed by atoms with Crippen LogP contribution in [-0.4, -0.2) is 78.4 Å². The number of hydrogen-bond acceptors (Lipinski definition) is 7. The van der Waals surface area contributed by atoms with E-state index in [9.17, 15) is 19.5 Å². The maximum atomic E-state index is 13.7. The summed E-state index contributed by atoms with van der Waals surface area (Å²) in [5.41, 5.74) is 8.13. The fourth-order valence-electron chi connectivity index (χ4n) is 8.38. The van der Waals surface area contributed by atoms with Gasteiger partial charge >= 0.3 is 5.97 Å². The molecule has 0 unspecified atom stereocenters. The van der Waals surface area contributed by atoms with Crippen molar-refractivity contribution in [1.82, 2.24) is 28.9 Å². The second-order valence-corrected chi connectivity index (χ2v) is 15.3. The summed E-state index contributed by atoms with van der Waals surface area (Å²) in [7, 11) is 5.90. The Hall–Kier alpha value is -4.32. The highest BCUT2D eigenvalue weighted by molar-refractivity contribution is 6.36. The highest BCUT2D eigenvalue weighted by Crippen LogP contribution is 2.37. The molecule has 4 aromatic rings. The minimum atomic E-state index is -0.662. The summed E-state index contributed by atoms with van der Waals surface area (Å²) in [6.45, 7) is 6.24. The fourth-order valence-corrected chi connectivity index (χ4v) is 8.66. The Labute approximate surface area is 310 Å². The lowest BCUT2D eigenvalue weighted by molar-refractivity contribution is -0.143. The van der Waals surface area contributed by atoms with Gasteiger partial charge in [0.2, 0.25) is 5.78 Å². The van der Waals surface area contributed by atoms with Crippen LogP contribution in [0.1, 0.15) is 87.2 Å². The minimum absolute atomic E-state index is 0.0207. The minimum Gasteiger partial charge on any atom is -0.481 e. The first-order valence-electron chi connectivity index (χ1n) is 18.4. The SMILES string of the molecule is Cc1c(CC(=O)c2nc3c(n2C)CCN(C)C3)cccc1-c1cccc(NC(=O)c2nc3c(n2C)CCN(CCC2CCC(C(=O)O)CC2)C3)c1Cl. The number of nitrogens with zero attached hydrogens (tertiary/aromatic N) is 6. The van der Waals surface area contributed by atoms with Crippen LogP contribution in [0.2, 0.25) is 5.02 Å². The largest absolute Gasteiger partial charge is 0.481 e. The van der Waals surface area contributed by atoms with Gasteiger partial charge in [-0.2, -0.15) is 0 Å². The molecule has 11 nitrogen and oxygen atoms in total. The molecule has 2 N–H and O–H groups in total. The van der Waals surface area contributed by atoms with Crippen molar-refractivity contribution in [2.24, 2.45) is 25.9 Å². The number of carboxylic acids is 1. The highest BCUT2D eigenvalue weighted by Gasteiger charge is 2.29. The van der Waals surface area contributed by atoms with Crippen LogP contribution in [0.15, 0.2) is 36.4 Å². The number of rotatable bonds is 10. The Morgan fingerprint density at radius 3 is 2.27 bits per heavy atom. The number of ketones is 1. The van der Waals surface area contributed by atoms with Crippen molar-refractivity contribution in [3.63, 3.8) is 0 Å². The third-order valence-corrected chi connectivity index (χ3v) is 12.0. The Bertz CT molecular complexity index is 2030. The van der Waals surface area contributed by atoms with Crippen molar-refractivity contribution in [2.45, 2.75) is 71.4 Å². The number of likely N-dealkylation sites (N-methyl/N-ethyl adjacent to an activating group) is 1. The van der Waals surface area contributed by atoms with Gasteiger partial charge in [0.25, 0.3) is 5.91 Å². The number of imidazole rings is 2. The van der Waals surface area contributed by atoms with Crippen molar-refractivity contribution in [3.8, 4) is 11.1 Å². The molecule has 0 atom stereocenters. The van der Waals surface area contributed by atoms with Gasteiger partial charge < -0.3 is 24.5 Å². The van der Waals surface area contributed by atoms with E-state index >= 15 is 0 Å². The molecule has 0 saturated heterocycles. The number of carbonyl (C=O) groups is 3. The molecule has 1 amide bonds. The molecule has 1 fully saturated rings. The van der Waals surface area contributed by atoms with E-state index < -0.39 is 5.97 Å². The molecule has 2 aromatic heterocycles. The summed E-state index contributed by atoms with van der Waals surface area (Å²) >= 11 is 7.01. The Balaban J connectivity index is 1.02. The van der Waals surface area contributed by atoms with Crippen molar-refractivity contribution in [1.29, 1.82) is 0 Å². The zero-order valence-electron chi connectivity index (χ0n) is 30.5. The number of benzene rings is 2. The van der Waals surface area contributed by atoms with Gasteiger partial charge in [-0.1, -0.05) is 41.9 Å². The van der Waals surface area contributed by atoms with E-state index in [-0.39, 0.29) is 24.0 Å². The van der Waals surface area contributed by atoms with Gasteiger partial charge in [-0.3, -0.25) is 19.3 Å². The summed E-state index contributed by atoms with van der Waals surface area (Å²) in [5.74, 6) is 0.214. The third-order valence-electron chi connectivity index (χ3n) is 11.6. The Kier molecular flexibility index (Phi) is 10.4. The average molecular weight is 726 g/mol. The molecule has 2 aliphatic heterocycles. The fraction of sp³-hybridized carbons (Fsp3) is 0.475. The van der Waals surface area contributed by atoms with E-state index in [0.717, 1.165) is 116 Å². The van der Waals surface area contributed by atoms with Crippen molar-refractivity contribution in [3.05, 3.63) is 87.0 Å². The van der Waals surface area contributed by atoms with E-state index in [1.54, 1.807) is 6.07 Å². The molecule has 12 heteroatoms. The monoisotopic (exact) mass is 725 g/mol. The Morgan fingerprint density at radius 2 is 1.52 bits per heavy atom. The number of anilines is 1. The van der Waals surface area contributed by atoms with Crippen LogP contribution in [-0.2, 0) is 51.2 Å². The van der Waals surface area contributed by atoms with Gasteiger partial charge in [0.1, 0.15) is 0 Å². The van der Waals surface area contributed by atoms with E-state index in [2.05, 4.69) is 22.2 Å². The lowest BCUT2D eigenvalue weighted by Gasteiger charge is -2.30. The molecule has 0 radical (unpaired) electrons. The molecular formula is C40H48ClN7O4. The molecule has 1 saturated carbocycles. The lowest BCUT2D eigenvalue weighted by Crippen LogP contribution is -2.33. The third kappa shape index (κ3) is 7.18. The number of halogens is 1. The zero-order chi connectivity index (χ0) is 36.7. The summed E-state index contributed by atoms with van der Waals surface area (Å²) in [6.07, 6.45) is 6.47. The first-order valence-corrected chi connectivity index (χ1v) is 18.8. The van der Waals surface area contributed by atoms with Gasteiger partial charge in [-0.15, -0.1) is 0 Å². The van der Waals surface area contributed by atoms with Gasteiger partial charge in [0.05, 0.1) is 28.0 Å². The predicted octanol–water partition coefficient (Wildman–Crippen LogP) is 6.09. The average Bonchev–Trinajstić information content (AvgIpc) is 3.64. The molecule has 7 rings (SSSR count). The zero-order valence-corrected chi connectivity index (χ0v) is 31.3. The first kappa shape index (κ1) is 36.1. The van der Waals surface area contributed by atoms with Gasteiger partial charge in [0, 0.05) is 76.5 Å². The van der Waals surface area contributed by atoms with E-state index in [1.165, 1.54) is 0 Å².